The first-order chi connectivity index (χ1) is 13.1. The summed E-state index contributed by atoms with van der Waals surface area (Å²) in [7, 11) is 1.62. The number of methoxy groups -OCH3 is 1. The van der Waals surface area contributed by atoms with Gasteiger partial charge in [0.1, 0.15) is 11.6 Å². The summed E-state index contributed by atoms with van der Waals surface area (Å²) in [5.41, 5.74) is 3.99. The number of nitrogens with one attached hydrogen (secondary N) is 1. The number of amides is 1. The number of ether oxygens (including phenoxy) is 1. The van der Waals surface area contributed by atoms with E-state index in [2.05, 4.69) is 33.0 Å². The predicted molar refractivity (Wildman–Crippen MR) is 107 cm³/mol. The van der Waals surface area contributed by atoms with Crippen molar-refractivity contribution >= 4 is 28.3 Å². The normalized spacial score (nSPS) is 13.7. The van der Waals surface area contributed by atoms with E-state index in [1.54, 1.807) is 7.11 Å². The molecule has 1 aliphatic rings. The molecule has 3 aromatic rings. The lowest BCUT2D eigenvalue weighted by molar-refractivity contribution is -0.118. The molecule has 1 N–H and O–H groups in total. The van der Waals surface area contributed by atoms with Crippen LogP contribution in [0.2, 0.25) is 0 Å². The van der Waals surface area contributed by atoms with Crippen LogP contribution in [0.15, 0.2) is 42.5 Å². The Balaban J connectivity index is 1.59. The number of aromatic nitrogens is 2. The van der Waals surface area contributed by atoms with E-state index < -0.39 is 0 Å². The van der Waals surface area contributed by atoms with Crippen LogP contribution in [0, 0.1) is 5.92 Å². The standard InChI is InChI=1S/C21H24N4O2/c1-14(2)21(26)23-17-9-8-15(12-19(17)27-3)24-10-11-25-18-7-5-4-6-16(18)22-20(25)13-24/h4-9,12,14H,10-11,13H2,1-3H3,(H,23,26). The van der Waals surface area contributed by atoms with Crippen LogP contribution in [0.25, 0.3) is 11.0 Å². The second kappa shape index (κ2) is 6.95. The van der Waals surface area contributed by atoms with Gasteiger partial charge >= 0.3 is 0 Å². The fourth-order valence-corrected chi connectivity index (χ4v) is 3.44. The second-order valence-electron chi connectivity index (χ2n) is 7.12. The van der Waals surface area contributed by atoms with Gasteiger partial charge in [0.15, 0.2) is 0 Å². The number of para-hydroxylation sites is 2. The molecule has 0 fully saturated rings. The largest absolute Gasteiger partial charge is 0.494 e. The van der Waals surface area contributed by atoms with Crippen molar-refractivity contribution < 1.29 is 9.53 Å². The molecule has 0 aliphatic carbocycles. The van der Waals surface area contributed by atoms with Crippen LogP contribution in [0.3, 0.4) is 0 Å². The third-order valence-corrected chi connectivity index (χ3v) is 4.99. The number of fused-ring (bicyclic) bond motifs is 3. The maximum Gasteiger partial charge on any atom is 0.227 e. The molecule has 0 radical (unpaired) electrons. The Morgan fingerprint density at radius 3 is 2.78 bits per heavy atom. The van der Waals surface area contributed by atoms with E-state index in [1.807, 2.05) is 38.1 Å². The Hall–Kier alpha value is -3.02. The highest BCUT2D eigenvalue weighted by Crippen LogP contribution is 2.32. The van der Waals surface area contributed by atoms with Gasteiger partial charge in [-0.2, -0.15) is 0 Å². The molecule has 140 valence electrons. The van der Waals surface area contributed by atoms with Crippen LogP contribution in [-0.4, -0.2) is 29.1 Å². The van der Waals surface area contributed by atoms with Gasteiger partial charge < -0.3 is 19.5 Å². The van der Waals surface area contributed by atoms with Crippen molar-refractivity contribution in [1.29, 1.82) is 0 Å². The van der Waals surface area contributed by atoms with Gasteiger partial charge in [-0.25, -0.2) is 4.98 Å². The summed E-state index contributed by atoms with van der Waals surface area (Å²) in [5, 5.41) is 2.93. The molecule has 0 unspecified atom stereocenters. The molecule has 0 saturated heterocycles. The third-order valence-electron chi connectivity index (χ3n) is 4.99. The highest BCUT2D eigenvalue weighted by molar-refractivity contribution is 5.93. The fraction of sp³-hybridized carbons (Fsp3) is 0.333. The molecular formula is C21H24N4O2. The SMILES string of the molecule is COc1cc(N2CCn3c(nc4ccccc43)C2)ccc1NC(=O)C(C)C. The Bertz CT molecular complexity index is 993. The summed E-state index contributed by atoms with van der Waals surface area (Å²) in [6, 6.07) is 14.2. The van der Waals surface area contributed by atoms with E-state index in [0.717, 1.165) is 36.7 Å². The van der Waals surface area contributed by atoms with Crippen molar-refractivity contribution in [3.8, 4) is 5.75 Å². The van der Waals surface area contributed by atoms with Crippen molar-refractivity contribution in [3.05, 3.63) is 48.3 Å². The molecule has 0 saturated carbocycles. The number of carbonyl (C=O) groups is 1. The summed E-state index contributed by atoms with van der Waals surface area (Å²) in [4.78, 5) is 19.1. The Kier molecular flexibility index (Phi) is 4.48. The first kappa shape index (κ1) is 17.4. The first-order valence-corrected chi connectivity index (χ1v) is 9.25. The number of anilines is 2. The molecule has 6 heteroatoms. The number of nitrogens with zero attached hydrogens (tertiary/aromatic N) is 3. The highest BCUT2D eigenvalue weighted by Gasteiger charge is 2.21. The van der Waals surface area contributed by atoms with Crippen LogP contribution in [0.4, 0.5) is 11.4 Å². The van der Waals surface area contributed by atoms with E-state index in [4.69, 9.17) is 9.72 Å². The lowest BCUT2D eigenvalue weighted by Gasteiger charge is -2.30. The molecule has 0 bridgehead atoms. The van der Waals surface area contributed by atoms with Crippen LogP contribution in [0.5, 0.6) is 5.75 Å². The van der Waals surface area contributed by atoms with E-state index in [1.165, 1.54) is 5.52 Å². The number of carbonyl (C=O) groups excluding carboxylic acids is 1. The molecule has 4 rings (SSSR count). The minimum atomic E-state index is -0.0792. The van der Waals surface area contributed by atoms with Gasteiger partial charge in [-0.15, -0.1) is 0 Å². The summed E-state index contributed by atoms with van der Waals surface area (Å²) in [6.07, 6.45) is 0. The average Bonchev–Trinajstić information content (AvgIpc) is 3.05. The Morgan fingerprint density at radius 2 is 2.00 bits per heavy atom. The summed E-state index contributed by atoms with van der Waals surface area (Å²) < 4.78 is 7.80. The molecule has 1 aliphatic heterocycles. The molecule has 2 heterocycles. The van der Waals surface area contributed by atoms with Crippen LogP contribution < -0.4 is 15.0 Å². The van der Waals surface area contributed by atoms with Gasteiger partial charge in [-0.3, -0.25) is 4.79 Å². The third kappa shape index (κ3) is 3.23. The molecule has 1 amide bonds. The van der Waals surface area contributed by atoms with E-state index >= 15 is 0 Å². The van der Waals surface area contributed by atoms with Gasteiger partial charge in [0.2, 0.25) is 5.91 Å². The first-order valence-electron chi connectivity index (χ1n) is 9.25. The topological polar surface area (TPSA) is 59.4 Å². The average molecular weight is 364 g/mol. The molecule has 0 atom stereocenters. The van der Waals surface area contributed by atoms with Crippen molar-refractivity contribution in [1.82, 2.24) is 9.55 Å². The second-order valence-corrected chi connectivity index (χ2v) is 7.12. The zero-order valence-electron chi connectivity index (χ0n) is 15.9. The zero-order valence-corrected chi connectivity index (χ0v) is 15.9. The van der Waals surface area contributed by atoms with Gasteiger partial charge in [-0.05, 0) is 24.3 Å². The molecule has 1 aromatic heterocycles. The summed E-state index contributed by atoms with van der Waals surface area (Å²) in [5.74, 6) is 1.64. The van der Waals surface area contributed by atoms with E-state index in [0.29, 0.717) is 11.4 Å². The molecule has 6 nitrogen and oxygen atoms in total. The van der Waals surface area contributed by atoms with Crippen molar-refractivity contribution in [3.63, 3.8) is 0 Å². The number of benzene rings is 2. The number of imidazole rings is 1. The number of hydrogen-bond donors (Lipinski definition) is 1. The molecule has 27 heavy (non-hydrogen) atoms. The highest BCUT2D eigenvalue weighted by atomic mass is 16.5. The maximum absolute atomic E-state index is 12.0. The molecule has 0 spiro atoms. The summed E-state index contributed by atoms with van der Waals surface area (Å²) in [6.45, 7) is 6.28. The lowest BCUT2D eigenvalue weighted by Crippen LogP contribution is -2.33. The Labute approximate surface area is 158 Å². The van der Waals surface area contributed by atoms with Crippen LogP contribution in [0.1, 0.15) is 19.7 Å². The van der Waals surface area contributed by atoms with Gasteiger partial charge in [0.05, 0.1) is 30.4 Å². The maximum atomic E-state index is 12.0. The van der Waals surface area contributed by atoms with Crippen molar-refractivity contribution in [2.24, 2.45) is 5.92 Å². The van der Waals surface area contributed by atoms with Crippen LogP contribution in [-0.2, 0) is 17.9 Å². The molecule has 2 aromatic carbocycles. The number of hydrogen-bond acceptors (Lipinski definition) is 4. The fourth-order valence-electron chi connectivity index (χ4n) is 3.44. The zero-order chi connectivity index (χ0) is 19.0. The minimum absolute atomic E-state index is 0.0206. The van der Waals surface area contributed by atoms with E-state index in [-0.39, 0.29) is 11.8 Å². The van der Waals surface area contributed by atoms with Gasteiger partial charge in [0.25, 0.3) is 0 Å². The summed E-state index contributed by atoms with van der Waals surface area (Å²) >= 11 is 0. The van der Waals surface area contributed by atoms with Gasteiger partial charge in [-0.1, -0.05) is 26.0 Å². The minimum Gasteiger partial charge on any atom is -0.494 e. The van der Waals surface area contributed by atoms with Crippen LogP contribution >= 0.6 is 0 Å². The monoisotopic (exact) mass is 364 g/mol. The van der Waals surface area contributed by atoms with Gasteiger partial charge in [0, 0.05) is 30.8 Å². The van der Waals surface area contributed by atoms with E-state index in [9.17, 15) is 4.79 Å². The number of rotatable bonds is 4. The molecular weight excluding hydrogens is 340 g/mol. The predicted octanol–water partition coefficient (Wildman–Crippen LogP) is 3.66. The lowest BCUT2D eigenvalue weighted by atomic mass is 10.2. The smallest absolute Gasteiger partial charge is 0.227 e. The van der Waals surface area contributed by atoms with Crippen molar-refractivity contribution in [2.75, 3.05) is 23.9 Å². The van der Waals surface area contributed by atoms with Crippen molar-refractivity contribution in [2.45, 2.75) is 26.9 Å². The quantitative estimate of drug-likeness (QED) is 0.768. The Morgan fingerprint density at radius 1 is 1.19 bits per heavy atom.